The maximum absolute atomic E-state index is 12.7. The maximum Gasteiger partial charge on any atom is 0.255 e. The summed E-state index contributed by atoms with van der Waals surface area (Å²) >= 11 is 2.28. The fraction of sp³-hybridized carbons (Fsp3) is 0.500. The lowest BCUT2D eigenvalue weighted by Crippen LogP contribution is -2.39. The Morgan fingerprint density at radius 3 is 3.11 bits per heavy atom. The topological polar surface area (TPSA) is 32.3 Å². The van der Waals surface area contributed by atoms with Gasteiger partial charge in [-0.25, -0.2) is 0 Å². The average molecular weight is 356 g/mol. The maximum atomic E-state index is 12.7. The largest absolute Gasteiger partial charge is 0.334 e. The molecule has 18 heavy (non-hydrogen) atoms. The minimum absolute atomic E-state index is 0.208. The van der Waals surface area contributed by atoms with Crippen LogP contribution in [0.3, 0.4) is 0 Å². The molecule has 2 aliphatic rings. The second-order valence-electron chi connectivity index (χ2n) is 5.21. The molecule has 2 heterocycles. The van der Waals surface area contributed by atoms with E-state index in [9.17, 15) is 4.79 Å². The van der Waals surface area contributed by atoms with Gasteiger partial charge in [0.1, 0.15) is 0 Å². The molecule has 0 aromatic heterocycles. The van der Waals surface area contributed by atoms with Gasteiger partial charge in [-0.1, -0.05) is 12.1 Å². The van der Waals surface area contributed by atoms with Gasteiger partial charge in [-0.15, -0.1) is 0 Å². The van der Waals surface area contributed by atoms with Crippen LogP contribution in [0.25, 0.3) is 0 Å². The van der Waals surface area contributed by atoms with Crippen LogP contribution in [0.5, 0.6) is 0 Å². The molecule has 2 aliphatic heterocycles. The van der Waals surface area contributed by atoms with Crippen LogP contribution >= 0.6 is 22.6 Å². The fourth-order valence-electron chi connectivity index (χ4n) is 3.07. The van der Waals surface area contributed by atoms with Crippen molar-refractivity contribution in [3.05, 3.63) is 32.9 Å². The van der Waals surface area contributed by atoms with E-state index in [1.165, 1.54) is 5.56 Å². The highest BCUT2D eigenvalue weighted by molar-refractivity contribution is 14.1. The lowest BCUT2D eigenvalue weighted by Gasteiger charge is -2.24. The summed E-state index contributed by atoms with van der Waals surface area (Å²) in [4.78, 5) is 14.7. The lowest BCUT2D eigenvalue weighted by molar-refractivity contribution is 0.0736. The Balaban J connectivity index is 1.88. The first-order valence-electron chi connectivity index (χ1n) is 6.45. The van der Waals surface area contributed by atoms with Crippen LogP contribution in [0.4, 0.5) is 0 Å². The number of benzene rings is 1. The molecule has 1 amide bonds. The first kappa shape index (κ1) is 12.4. The van der Waals surface area contributed by atoms with Crippen LogP contribution in [-0.4, -0.2) is 36.5 Å². The summed E-state index contributed by atoms with van der Waals surface area (Å²) in [5, 5.41) is 3.39. The van der Waals surface area contributed by atoms with E-state index in [0.717, 1.165) is 35.2 Å². The van der Waals surface area contributed by atoms with Gasteiger partial charge in [0.05, 0.1) is 5.56 Å². The van der Waals surface area contributed by atoms with Gasteiger partial charge in [-0.2, -0.15) is 0 Å². The zero-order valence-electron chi connectivity index (χ0n) is 10.4. The third-order valence-corrected chi connectivity index (χ3v) is 5.56. The summed E-state index contributed by atoms with van der Waals surface area (Å²) in [5.41, 5.74) is 2.05. The van der Waals surface area contributed by atoms with Crippen molar-refractivity contribution >= 4 is 28.5 Å². The highest BCUT2D eigenvalue weighted by Crippen LogP contribution is 2.29. The van der Waals surface area contributed by atoms with Gasteiger partial charge in [-0.3, -0.25) is 4.79 Å². The first-order chi connectivity index (χ1) is 8.68. The Labute approximate surface area is 121 Å². The second kappa shape index (κ2) is 4.81. The molecular formula is C14H17IN2O. The zero-order chi connectivity index (χ0) is 12.7. The number of amides is 1. The number of likely N-dealkylation sites (tertiary alicyclic amines) is 1. The number of nitrogens with one attached hydrogen (secondary N) is 1. The fourth-order valence-corrected chi connectivity index (χ4v) is 3.66. The summed E-state index contributed by atoms with van der Waals surface area (Å²) < 4.78 is 1.09. The van der Waals surface area contributed by atoms with Crippen molar-refractivity contribution in [3.63, 3.8) is 0 Å². The Hall–Kier alpha value is -0.620. The van der Waals surface area contributed by atoms with E-state index < -0.39 is 0 Å². The van der Waals surface area contributed by atoms with E-state index in [-0.39, 0.29) is 5.91 Å². The number of carbonyl (C=O) groups excluding carboxylic acids is 1. The van der Waals surface area contributed by atoms with E-state index in [2.05, 4.69) is 45.8 Å². The first-order valence-corrected chi connectivity index (χ1v) is 7.53. The van der Waals surface area contributed by atoms with Gasteiger partial charge in [-0.05, 0) is 53.5 Å². The van der Waals surface area contributed by atoms with Crippen LogP contribution in [0, 0.1) is 16.4 Å². The quantitative estimate of drug-likeness (QED) is 0.781. The van der Waals surface area contributed by atoms with Crippen LogP contribution in [0.2, 0.25) is 0 Å². The number of nitrogens with zero attached hydrogens (tertiary/aromatic N) is 1. The molecule has 2 fully saturated rings. The molecule has 4 heteroatoms. The standard InChI is InChI=1S/C14H17IN2O/c1-9-3-2-4-11(13(9)15)14(18)17-6-5-10-7-16-8-12(10)17/h2-4,10,12,16H,5-8H2,1H3/t10-,12+/m0/s1. The van der Waals surface area contributed by atoms with Crippen molar-refractivity contribution in [1.29, 1.82) is 0 Å². The molecule has 3 nitrogen and oxygen atoms in total. The molecule has 2 saturated heterocycles. The molecule has 1 aromatic carbocycles. The van der Waals surface area contributed by atoms with Crippen LogP contribution in [0.1, 0.15) is 22.3 Å². The van der Waals surface area contributed by atoms with E-state index in [4.69, 9.17) is 0 Å². The molecule has 0 radical (unpaired) electrons. The molecule has 96 valence electrons. The van der Waals surface area contributed by atoms with Gasteiger partial charge in [0.15, 0.2) is 0 Å². The van der Waals surface area contributed by atoms with Gasteiger partial charge in [0.25, 0.3) is 5.91 Å². The Bertz CT molecular complexity index is 489. The molecule has 1 N–H and O–H groups in total. The summed E-state index contributed by atoms with van der Waals surface area (Å²) in [6.45, 7) is 5.00. The minimum atomic E-state index is 0.208. The molecule has 1 aromatic rings. The third kappa shape index (κ3) is 1.95. The molecule has 0 saturated carbocycles. The number of hydrogen-bond donors (Lipinski definition) is 1. The predicted octanol–water partition coefficient (Wildman–Crippen LogP) is 2.03. The smallest absolute Gasteiger partial charge is 0.255 e. The second-order valence-corrected chi connectivity index (χ2v) is 6.29. The van der Waals surface area contributed by atoms with Crippen LogP contribution < -0.4 is 5.32 Å². The monoisotopic (exact) mass is 356 g/mol. The van der Waals surface area contributed by atoms with Crippen molar-refractivity contribution in [1.82, 2.24) is 10.2 Å². The number of aryl methyl sites for hydroxylation is 1. The Morgan fingerprint density at radius 2 is 2.28 bits per heavy atom. The lowest BCUT2D eigenvalue weighted by atomic mass is 10.0. The normalized spacial score (nSPS) is 26.4. The van der Waals surface area contributed by atoms with Crippen LogP contribution in [0.15, 0.2) is 18.2 Å². The van der Waals surface area contributed by atoms with Gasteiger partial charge < -0.3 is 10.2 Å². The highest BCUT2D eigenvalue weighted by atomic mass is 127. The summed E-state index contributed by atoms with van der Waals surface area (Å²) in [6, 6.07) is 6.40. The molecule has 0 aliphatic carbocycles. The SMILES string of the molecule is Cc1cccc(C(=O)N2CC[C@H]3CNC[C@H]32)c1I. The van der Waals surface area contributed by atoms with Crippen molar-refractivity contribution in [3.8, 4) is 0 Å². The van der Waals surface area contributed by atoms with Gasteiger partial charge in [0.2, 0.25) is 0 Å². The molecule has 2 atom stereocenters. The van der Waals surface area contributed by atoms with E-state index >= 15 is 0 Å². The highest BCUT2D eigenvalue weighted by Gasteiger charge is 2.40. The van der Waals surface area contributed by atoms with E-state index in [0.29, 0.717) is 12.0 Å². The number of hydrogen-bond acceptors (Lipinski definition) is 2. The molecule has 0 spiro atoms. The van der Waals surface area contributed by atoms with E-state index in [1.807, 2.05) is 12.1 Å². The number of fused-ring (bicyclic) bond motifs is 1. The molecule has 0 unspecified atom stereocenters. The van der Waals surface area contributed by atoms with Crippen molar-refractivity contribution < 1.29 is 4.79 Å². The van der Waals surface area contributed by atoms with Crippen molar-refractivity contribution in [2.24, 2.45) is 5.92 Å². The number of carbonyl (C=O) groups is 1. The molecule has 0 bridgehead atoms. The summed E-state index contributed by atoms with van der Waals surface area (Å²) in [6.07, 6.45) is 1.14. The van der Waals surface area contributed by atoms with Crippen molar-refractivity contribution in [2.45, 2.75) is 19.4 Å². The van der Waals surface area contributed by atoms with Gasteiger partial charge >= 0.3 is 0 Å². The van der Waals surface area contributed by atoms with Gasteiger partial charge in [0, 0.05) is 29.2 Å². The number of rotatable bonds is 1. The predicted molar refractivity (Wildman–Crippen MR) is 79.7 cm³/mol. The zero-order valence-corrected chi connectivity index (χ0v) is 12.6. The average Bonchev–Trinajstić information content (AvgIpc) is 2.94. The number of halogens is 1. The summed E-state index contributed by atoms with van der Waals surface area (Å²) in [5.74, 6) is 0.871. The minimum Gasteiger partial charge on any atom is -0.334 e. The molecular weight excluding hydrogens is 339 g/mol. The summed E-state index contributed by atoms with van der Waals surface area (Å²) in [7, 11) is 0. The van der Waals surface area contributed by atoms with Crippen molar-refractivity contribution in [2.75, 3.05) is 19.6 Å². The Morgan fingerprint density at radius 1 is 1.44 bits per heavy atom. The van der Waals surface area contributed by atoms with E-state index in [1.54, 1.807) is 0 Å². The Kier molecular flexibility index (Phi) is 3.32. The van der Waals surface area contributed by atoms with Crippen LogP contribution in [-0.2, 0) is 0 Å². The molecule has 3 rings (SSSR count). The third-order valence-electron chi connectivity index (χ3n) is 4.13.